The fourth-order valence-corrected chi connectivity index (χ4v) is 1.10. The van der Waals surface area contributed by atoms with Crippen LogP contribution in [0.4, 0.5) is 0 Å². The third-order valence-corrected chi connectivity index (χ3v) is 1.92. The first-order valence-electron chi connectivity index (χ1n) is 2.13. The minimum absolute atomic E-state index is 0. The van der Waals surface area contributed by atoms with Crippen molar-refractivity contribution in [1.82, 2.24) is 0 Å². The van der Waals surface area contributed by atoms with Gasteiger partial charge < -0.3 is 0 Å². The van der Waals surface area contributed by atoms with Gasteiger partial charge in [0.2, 0.25) is 0 Å². The Labute approximate surface area is 82.7 Å². The Morgan fingerprint density at radius 1 is 0.889 bits per heavy atom. The molecule has 0 aliphatic heterocycles. The summed E-state index contributed by atoms with van der Waals surface area (Å²) < 4.78 is 1.43. The van der Waals surface area contributed by atoms with Gasteiger partial charge in [-0.1, -0.05) is 0 Å². The van der Waals surface area contributed by atoms with Gasteiger partial charge in [0, 0.05) is 0 Å². The van der Waals surface area contributed by atoms with E-state index in [1.807, 2.05) is 6.07 Å². The summed E-state index contributed by atoms with van der Waals surface area (Å²) in [5, 5.41) is 0. The van der Waals surface area contributed by atoms with E-state index in [2.05, 4.69) is 24.3 Å². The first-order chi connectivity index (χ1) is 3.39. The van der Waals surface area contributed by atoms with Gasteiger partial charge in [-0.2, -0.15) is 0 Å². The van der Waals surface area contributed by atoms with Crippen LogP contribution in [0.5, 0.6) is 0 Å². The van der Waals surface area contributed by atoms with Crippen LogP contribution < -0.4 is 3.27 Å². The quantitative estimate of drug-likeness (QED) is 0.614. The first kappa shape index (κ1) is 12.4. The molecule has 0 N–H and O–H groups in total. The van der Waals surface area contributed by atoms with E-state index in [0.717, 1.165) is 0 Å². The van der Waals surface area contributed by atoms with Crippen LogP contribution in [-0.4, -0.2) is 24.7 Å². The topological polar surface area (TPSA) is 0 Å². The van der Waals surface area contributed by atoms with Gasteiger partial charge in [0.25, 0.3) is 0 Å². The van der Waals surface area contributed by atoms with Gasteiger partial charge in [-0.25, -0.2) is 0 Å². The van der Waals surface area contributed by atoms with Gasteiger partial charge in [0.15, 0.2) is 0 Å². The molecule has 0 amide bonds. The predicted molar refractivity (Wildman–Crippen MR) is 46.3 cm³/mol. The molecule has 0 fully saturated rings. The molecule has 1 rings (SSSR count). The second-order valence-electron chi connectivity index (χ2n) is 1.34. The fraction of sp³-hybridized carbons (Fsp3) is 0. The van der Waals surface area contributed by atoms with Crippen LogP contribution in [0, 0.1) is 0 Å². The second-order valence-corrected chi connectivity index (χ2v) is 3.34. The number of halogens is 2. The van der Waals surface area contributed by atoms with Gasteiger partial charge in [-0.05, 0) is 0 Å². The van der Waals surface area contributed by atoms with Crippen molar-refractivity contribution in [2.75, 3.05) is 0 Å². The molecule has 2 radical (unpaired) electrons. The summed E-state index contributed by atoms with van der Waals surface area (Å²) in [5.41, 5.74) is 0. The van der Waals surface area contributed by atoms with Crippen molar-refractivity contribution in [1.29, 1.82) is 0 Å². The summed E-state index contributed by atoms with van der Waals surface area (Å²) in [6, 6.07) is 10.4. The molecule has 1 aromatic rings. The molecule has 0 heterocycles. The minimum atomic E-state index is 0. The number of rotatable bonds is 0. The average Bonchev–Trinajstić information content (AvgIpc) is 1.69. The third kappa shape index (κ3) is 5.14. The van der Waals surface area contributed by atoms with E-state index in [4.69, 9.17) is 0 Å². The Hall–Kier alpha value is 0.683. The molecule has 0 bridgehead atoms. The molecule has 0 aromatic heterocycles. The zero-order chi connectivity index (χ0) is 5.11. The van der Waals surface area contributed by atoms with E-state index < -0.39 is 0 Å². The van der Waals surface area contributed by atoms with E-state index in [9.17, 15) is 0 Å². The van der Waals surface area contributed by atoms with E-state index in [-0.39, 0.29) is 24.8 Å². The van der Waals surface area contributed by atoms with Gasteiger partial charge in [-0.3, -0.25) is 0 Å². The summed E-state index contributed by atoms with van der Waals surface area (Å²) in [5.74, 6) is 0. The van der Waals surface area contributed by atoms with Crippen LogP contribution >= 0.6 is 24.8 Å². The van der Waals surface area contributed by atoms with Crippen molar-refractivity contribution in [3.05, 3.63) is 30.3 Å². The summed E-state index contributed by atoms with van der Waals surface area (Å²) >= 11 is 1.36. The second kappa shape index (κ2) is 6.80. The van der Waals surface area contributed by atoms with E-state index in [1.165, 1.54) is 28.0 Å². The van der Waals surface area contributed by atoms with Gasteiger partial charge in [0.1, 0.15) is 0 Å². The molecule has 9 heavy (non-hydrogen) atoms. The summed E-state index contributed by atoms with van der Waals surface area (Å²) in [6.45, 7) is 0. The third-order valence-electron chi connectivity index (χ3n) is 0.756. The van der Waals surface area contributed by atoms with Crippen LogP contribution in [0.1, 0.15) is 0 Å². The Balaban J connectivity index is 0. The average molecular weight is 359 g/mol. The van der Waals surface area contributed by atoms with E-state index in [0.29, 0.717) is 0 Å². The maximum absolute atomic E-state index is 2.13. The monoisotopic (exact) mass is 358 g/mol. The zero-order valence-electron chi connectivity index (χ0n) is 4.65. The molecular formula is C6H7BiCl2. The van der Waals surface area contributed by atoms with Crippen molar-refractivity contribution in [2.45, 2.75) is 0 Å². The van der Waals surface area contributed by atoms with Gasteiger partial charge >= 0.3 is 58.3 Å². The van der Waals surface area contributed by atoms with Gasteiger partial charge in [0.05, 0.1) is 0 Å². The Bertz CT molecular complexity index is 141. The van der Waals surface area contributed by atoms with Crippen molar-refractivity contribution in [3.63, 3.8) is 0 Å². The maximum atomic E-state index is 2.13. The number of hydrogen-bond donors (Lipinski definition) is 0. The molecule has 0 saturated carbocycles. The normalized spacial score (nSPS) is 6.78. The first-order valence-corrected chi connectivity index (χ1v) is 3.87. The Kier molecular flexibility index (Phi) is 9.34. The standard InChI is InChI=1S/C6H5.Bi.2ClH/c1-2-4-6-5-3-1;;;/h1-5H;;2*1H. The summed E-state index contributed by atoms with van der Waals surface area (Å²) in [6.07, 6.45) is 0. The van der Waals surface area contributed by atoms with Crippen LogP contribution in [0.3, 0.4) is 0 Å². The van der Waals surface area contributed by atoms with Crippen LogP contribution in [-0.2, 0) is 0 Å². The Morgan fingerprint density at radius 3 is 1.56 bits per heavy atom. The predicted octanol–water partition coefficient (Wildman–Crippen LogP) is 1.32. The molecular weight excluding hydrogens is 352 g/mol. The van der Waals surface area contributed by atoms with Crippen molar-refractivity contribution in [3.8, 4) is 0 Å². The summed E-state index contributed by atoms with van der Waals surface area (Å²) in [7, 11) is 0. The van der Waals surface area contributed by atoms with E-state index >= 15 is 0 Å². The van der Waals surface area contributed by atoms with Crippen molar-refractivity contribution >= 4 is 52.8 Å². The van der Waals surface area contributed by atoms with Crippen LogP contribution in [0.25, 0.3) is 0 Å². The van der Waals surface area contributed by atoms with Crippen LogP contribution in [0.15, 0.2) is 30.3 Å². The number of benzene rings is 1. The molecule has 50 valence electrons. The SMILES string of the molecule is Cl.Cl.[Bi][c]1ccccc1. The van der Waals surface area contributed by atoms with Crippen molar-refractivity contribution in [2.24, 2.45) is 0 Å². The molecule has 0 nitrogen and oxygen atoms in total. The number of hydrogen-bond acceptors (Lipinski definition) is 0. The zero-order valence-corrected chi connectivity index (χ0v) is 9.76. The van der Waals surface area contributed by atoms with E-state index in [1.54, 1.807) is 0 Å². The molecule has 0 unspecified atom stereocenters. The van der Waals surface area contributed by atoms with Crippen molar-refractivity contribution < 1.29 is 0 Å². The Morgan fingerprint density at radius 2 is 1.33 bits per heavy atom. The molecule has 0 spiro atoms. The van der Waals surface area contributed by atoms with Crippen LogP contribution in [0.2, 0.25) is 0 Å². The molecule has 3 heteroatoms. The molecule has 0 aliphatic carbocycles. The molecule has 0 aliphatic rings. The molecule has 0 saturated heterocycles. The fourth-order valence-electron chi connectivity index (χ4n) is 0.428. The molecule has 1 aromatic carbocycles. The summed E-state index contributed by atoms with van der Waals surface area (Å²) in [4.78, 5) is 0. The molecule has 0 atom stereocenters. The van der Waals surface area contributed by atoms with Gasteiger partial charge in [-0.15, -0.1) is 24.8 Å².